The van der Waals surface area contributed by atoms with E-state index in [1.807, 2.05) is 0 Å². The fraction of sp³-hybridized carbons (Fsp3) is 0.625. The van der Waals surface area contributed by atoms with Crippen molar-refractivity contribution in [1.82, 2.24) is 0 Å². The number of hydrogen-bond donors (Lipinski definition) is 3. The largest absolute Gasteiger partial charge is 0.372 e. The maximum atomic E-state index is 11.1. The third-order valence-electron chi connectivity index (χ3n) is 1.51. The minimum atomic E-state index is -0.867. The van der Waals surface area contributed by atoms with Gasteiger partial charge in [-0.1, -0.05) is 0 Å². The van der Waals surface area contributed by atoms with Gasteiger partial charge in [-0.2, -0.15) is 0 Å². The van der Waals surface area contributed by atoms with Crippen LogP contribution in [0.4, 0.5) is 0 Å². The normalized spacial score (nSPS) is 11.4. The summed E-state index contributed by atoms with van der Waals surface area (Å²) in [7, 11) is 0. The Hall–Kier alpha value is -1.83. The molecule has 0 aromatic carbocycles. The minimum absolute atomic E-state index is 0.0175. The first-order valence-corrected chi connectivity index (χ1v) is 4.63. The van der Waals surface area contributed by atoms with Crippen LogP contribution in [-0.2, 0) is 19.4 Å². The summed E-state index contributed by atoms with van der Waals surface area (Å²) in [5.41, 5.74) is 15.6. The lowest BCUT2D eigenvalue weighted by Crippen LogP contribution is -2.33. The number of rotatable bonds is 5. The van der Waals surface area contributed by atoms with Crippen molar-refractivity contribution >= 4 is 17.9 Å². The molecule has 0 radical (unpaired) electrons. The highest BCUT2D eigenvalue weighted by atomic mass is 17.2. The van der Waals surface area contributed by atoms with Crippen LogP contribution in [0.3, 0.4) is 0 Å². The van der Waals surface area contributed by atoms with Crippen LogP contribution in [-0.4, -0.2) is 30.5 Å². The fourth-order valence-electron chi connectivity index (χ4n) is 0.799. The molecule has 0 aromatic rings. The van der Waals surface area contributed by atoms with Crippen molar-refractivity contribution < 1.29 is 19.4 Å². The molecule has 92 valence electrons. The second kappa shape index (κ2) is 7.46. The molecule has 8 heteroatoms. The van der Waals surface area contributed by atoms with Crippen molar-refractivity contribution in [3.05, 3.63) is 0 Å². The predicted molar refractivity (Wildman–Crippen MR) is 55.7 cm³/mol. The average molecular weight is 232 g/mol. The van der Waals surface area contributed by atoms with E-state index in [1.54, 1.807) is 0 Å². The van der Waals surface area contributed by atoms with Gasteiger partial charge in [0, 0.05) is 13.5 Å². The van der Waals surface area contributed by atoms with Crippen LogP contribution in [0, 0.1) is 0 Å². The summed E-state index contributed by atoms with van der Waals surface area (Å²) in [4.78, 5) is 33.3. The Morgan fingerprint density at radius 3 is 2.44 bits per heavy atom. The van der Waals surface area contributed by atoms with Gasteiger partial charge in [0.2, 0.25) is 0 Å². The zero-order valence-corrected chi connectivity index (χ0v) is 9.01. The summed E-state index contributed by atoms with van der Waals surface area (Å²) in [6, 6.07) is -0.867. The van der Waals surface area contributed by atoms with Crippen molar-refractivity contribution in [2.24, 2.45) is 22.2 Å². The second-order valence-corrected chi connectivity index (χ2v) is 3.03. The van der Waals surface area contributed by atoms with Gasteiger partial charge in [0.25, 0.3) is 0 Å². The zero-order chi connectivity index (χ0) is 12.6. The predicted octanol–water partition coefficient (Wildman–Crippen LogP) is -1.61. The maximum absolute atomic E-state index is 11.1. The number of carbonyl (C=O) groups is 2. The summed E-state index contributed by atoms with van der Waals surface area (Å²) in [6.07, 6.45) is 0.852. The number of aliphatic imine (C=N–C) groups is 1. The topological polar surface area (TPSA) is 143 Å². The average Bonchev–Trinajstić information content (AvgIpc) is 2.20. The molecular weight excluding hydrogens is 216 g/mol. The van der Waals surface area contributed by atoms with Crippen LogP contribution in [0.1, 0.15) is 19.8 Å². The molecule has 0 bridgehead atoms. The molecule has 6 N–H and O–H groups in total. The molecule has 0 aromatic heterocycles. The first-order chi connectivity index (χ1) is 7.43. The van der Waals surface area contributed by atoms with E-state index < -0.39 is 18.0 Å². The number of hydrogen-bond acceptors (Lipinski definition) is 6. The van der Waals surface area contributed by atoms with Crippen LogP contribution in [0.25, 0.3) is 0 Å². The van der Waals surface area contributed by atoms with E-state index in [-0.39, 0.29) is 5.96 Å². The molecule has 1 unspecified atom stereocenters. The Morgan fingerprint density at radius 2 is 1.94 bits per heavy atom. The van der Waals surface area contributed by atoms with Crippen LogP contribution >= 0.6 is 0 Å². The first-order valence-electron chi connectivity index (χ1n) is 4.63. The van der Waals surface area contributed by atoms with Gasteiger partial charge in [-0.3, -0.25) is 4.99 Å². The lowest BCUT2D eigenvalue weighted by molar-refractivity contribution is -0.258. The van der Waals surface area contributed by atoms with Gasteiger partial charge in [-0.05, 0) is 12.8 Å². The molecule has 0 saturated carbocycles. The first kappa shape index (κ1) is 14.2. The molecule has 0 rings (SSSR count). The lowest BCUT2D eigenvalue weighted by Gasteiger charge is -2.07. The molecule has 0 aliphatic carbocycles. The molecule has 0 heterocycles. The summed E-state index contributed by atoms with van der Waals surface area (Å²) < 4.78 is 0. The molecule has 0 fully saturated rings. The number of guanidine groups is 1. The molecule has 0 saturated heterocycles. The van der Waals surface area contributed by atoms with Crippen LogP contribution in [0.5, 0.6) is 0 Å². The standard InChI is InChI=1S/C8H16N4O4/c1-5(13)15-16-7(14)6(9)3-2-4-12-8(10)11/h6H,2-4,9H2,1H3,(H4,10,11,12). The third-order valence-corrected chi connectivity index (χ3v) is 1.51. The Balaban J connectivity index is 3.71. The summed E-state index contributed by atoms with van der Waals surface area (Å²) >= 11 is 0. The SMILES string of the molecule is CC(=O)OOC(=O)C(N)CCCN=C(N)N. The van der Waals surface area contributed by atoms with Crippen molar-refractivity contribution in [2.45, 2.75) is 25.8 Å². The number of nitrogens with zero attached hydrogens (tertiary/aromatic N) is 1. The highest BCUT2D eigenvalue weighted by Crippen LogP contribution is 1.98. The molecule has 0 spiro atoms. The molecule has 0 aliphatic rings. The van der Waals surface area contributed by atoms with Crippen molar-refractivity contribution in [3.63, 3.8) is 0 Å². The monoisotopic (exact) mass is 232 g/mol. The van der Waals surface area contributed by atoms with Gasteiger partial charge in [0.15, 0.2) is 5.96 Å². The van der Waals surface area contributed by atoms with Gasteiger partial charge < -0.3 is 17.2 Å². The van der Waals surface area contributed by atoms with E-state index in [2.05, 4.69) is 14.8 Å². The van der Waals surface area contributed by atoms with Crippen LogP contribution in [0.15, 0.2) is 4.99 Å². The number of carbonyl (C=O) groups excluding carboxylic acids is 2. The minimum Gasteiger partial charge on any atom is -0.370 e. The van der Waals surface area contributed by atoms with Crippen molar-refractivity contribution in [2.75, 3.05) is 6.54 Å². The molecule has 1 atom stereocenters. The quantitative estimate of drug-likeness (QED) is 0.170. The van der Waals surface area contributed by atoms with Gasteiger partial charge in [-0.25, -0.2) is 19.4 Å². The Bertz CT molecular complexity index is 275. The number of nitrogens with two attached hydrogens (primary N) is 3. The highest BCUT2D eigenvalue weighted by Gasteiger charge is 2.16. The third kappa shape index (κ3) is 7.56. The fourth-order valence-corrected chi connectivity index (χ4v) is 0.799. The van der Waals surface area contributed by atoms with Crippen molar-refractivity contribution in [3.8, 4) is 0 Å². The summed E-state index contributed by atoms with van der Waals surface area (Å²) in [6.45, 7) is 1.48. The summed E-state index contributed by atoms with van der Waals surface area (Å²) in [5, 5.41) is 0. The van der Waals surface area contributed by atoms with Crippen LogP contribution < -0.4 is 17.2 Å². The van der Waals surface area contributed by atoms with E-state index in [0.29, 0.717) is 19.4 Å². The molecule has 0 aliphatic heterocycles. The van der Waals surface area contributed by atoms with E-state index in [9.17, 15) is 9.59 Å². The van der Waals surface area contributed by atoms with E-state index in [1.165, 1.54) is 0 Å². The van der Waals surface area contributed by atoms with Gasteiger partial charge in [0.05, 0.1) is 0 Å². The zero-order valence-electron chi connectivity index (χ0n) is 9.01. The lowest BCUT2D eigenvalue weighted by atomic mass is 10.2. The molecule has 8 nitrogen and oxygen atoms in total. The Labute approximate surface area is 92.7 Å². The van der Waals surface area contributed by atoms with Gasteiger partial charge >= 0.3 is 11.9 Å². The van der Waals surface area contributed by atoms with Gasteiger partial charge in [-0.15, -0.1) is 0 Å². The highest BCUT2D eigenvalue weighted by molar-refractivity contribution is 5.76. The van der Waals surface area contributed by atoms with Gasteiger partial charge in [0.1, 0.15) is 6.04 Å². The molecular formula is C8H16N4O4. The van der Waals surface area contributed by atoms with E-state index >= 15 is 0 Å². The van der Waals surface area contributed by atoms with Crippen LogP contribution in [0.2, 0.25) is 0 Å². The van der Waals surface area contributed by atoms with E-state index in [0.717, 1.165) is 6.92 Å². The maximum Gasteiger partial charge on any atom is 0.372 e. The summed E-state index contributed by atoms with van der Waals surface area (Å²) in [5.74, 6) is -1.54. The van der Waals surface area contributed by atoms with E-state index in [4.69, 9.17) is 17.2 Å². The molecule has 0 amide bonds. The Morgan fingerprint density at radius 1 is 1.31 bits per heavy atom. The second-order valence-electron chi connectivity index (χ2n) is 3.03. The van der Waals surface area contributed by atoms with Crippen molar-refractivity contribution in [1.29, 1.82) is 0 Å². The smallest absolute Gasteiger partial charge is 0.370 e. The molecule has 16 heavy (non-hydrogen) atoms. The Kier molecular flexibility index (Phi) is 6.61.